The van der Waals surface area contributed by atoms with Gasteiger partial charge in [-0.25, -0.2) is 0 Å². The molecule has 1 aliphatic heterocycles. The highest BCUT2D eigenvalue weighted by Crippen LogP contribution is 2.23. The zero-order valence-electron chi connectivity index (χ0n) is 12.2. The molecule has 1 N–H and O–H groups in total. The molecule has 1 aromatic carbocycles. The molecule has 0 unspecified atom stereocenters. The number of amides is 1. The standard InChI is InChI=1S/C16H18ClN3O/c1-10-15(11(2)19-18-10)8-16(21)20-6-5-12-7-14(17)4-3-13(12)9-20/h3-4,7H,5-6,8-9H2,1-2H3,(H,18,19). The van der Waals surface area contributed by atoms with Crippen LogP contribution in [0.15, 0.2) is 18.2 Å². The Labute approximate surface area is 129 Å². The maximum atomic E-state index is 12.5. The fraction of sp³-hybridized carbons (Fsp3) is 0.375. The molecular formula is C16H18ClN3O. The molecule has 0 saturated carbocycles. The number of aromatic nitrogens is 2. The van der Waals surface area contributed by atoms with E-state index in [9.17, 15) is 4.79 Å². The number of carbonyl (C=O) groups is 1. The van der Waals surface area contributed by atoms with E-state index < -0.39 is 0 Å². The highest BCUT2D eigenvalue weighted by Gasteiger charge is 2.22. The Kier molecular flexibility index (Phi) is 3.72. The molecule has 0 atom stereocenters. The van der Waals surface area contributed by atoms with Crippen LogP contribution in [0, 0.1) is 13.8 Å². The number of halogens is 1. The Hall–Kier alpha value is -1.81. The summed E-state index contributed by atoms with van der Waals surface area (Å²) < 4.78 is 0. The van der Waals surface area contributed by atoms with Crippen LogP contribution in [0.25, 0.3) is 0 Å². The second-order valence-corrected chi connectivity index (χ2v) is 6.00. The highest BCUT2D eigenvalue weighted by molar-refractivity contribution is 6.30. The van der Waals surface area contributed by atoms with Gasteiger partial charge in [0.05, 0.1) is 12.1 Å². The predicted molar refractivity (Wildman–Crippen MR) is 82.3 cm³/mol. The van der Waals surface area contributed by atoms with E-state index >= 15 is 0 Å². The van der Waals surface area contributed by atoms with Crippen LogP contribution < -0.4 is 0 Å². The van der Waals surface area contributed by atoms with Crippen molar-refractivity contribution < 1.29 is 4.79 Å². The number of nitrogens with zero attached hydrogens (tertiary/aromatic N) is 2. The second-order valence-electron chi connectivity index (χ2n) is 5.57. The van der Waals surface area contributed by atoms with E-state index in [1.807, 2.05) is 36.9 Å². The number of rotatable bonds is 2. The van der Waals surface area contributed by atoms with Crippen molar-refractivity contribution in [2.24, 2.45) is 0 Å². The summed E-state index contributed by atoms with van der Waals surface area (Å²) in [5, 5.41) is 7.84. The molecule has 2 aromatic rings. The Morgan fingerprint density at radius 1 is 1.38 bits per heavy atom. The third-order valence-electron chi connectivity index (χ3n) is 4.14. The summed E-state index contributed by atoms with van der Waals surface area (Å²) in [5.41, 5.74) is 5.35. The van der Waals surface area contributed by atoms with Crippen molar-refractivity contribution in [1.82, 2.24) is 15.1 Å². The van der Waals surface area contributed by atoms with E-state index in [1.54, 1.807) is 0 Å². The largest absolute Gasteiger partial charge is 0.338 e. The minimum Gasteiger partial charge on any atom is -0.338 e. The van der Waals surface area contributed by atoms with Crippen LogP contribution in [0.4, 0.5) is 0 Å². The lowest BCUT2D eigenvalue weighted by molar-refractivity contribution is -0.131. The predicted octanol–water partition coefficient (Wildman–Crippen LogP) is 2.81. The first kappa shape index (κ1) is 14.1. The molecule has 3 rings (SSSR count). The lowest BCUT2D eigenvalue weighted by Gasteiger charge is -2.29. The maximum absolute atomic E-state index is 12.5. The van der Waals surface area contributed by atoms with Gasteiger partial charge in [0, 0.05) is 29.4 Å². The molecule has 1 amide bonds. The van der Waals surface area contributed by atoms with Crippen molar-refractivity contribution in [3.8, 4) is 0 Å². The Morgan fingerprint density at radius 3 is 2.90 bits per heavy atom. The molecule has 0 spiro atoms. The first-order valence-corrected chi connectivity index (χ1v) is 7.48. The van der Waals surface area contributed by atoms with Crippen molar-refractivity contribution in [2.75, 3.05) is 6.54 Å². The highest BCUT2D eigenvalue weighted by atomic mass is 35.5. The van der Waals surface area contributed by atoms with Crippen molar-refractivity contribution in [1.29, 1.82) is 0 Å². The summed E-state index contributed by atoms with van der Waals surface area (Å²) in [6, 6.07) is 5.91. The molecular weight excluding hydrogens is 286 g/mol. The van der Waals surface area contributed by atoms with Crippen LogP contribution in [-0.2, 0) is 24.2 Å². The minimum absolute atomic E-state index is 0.156. The quantitative estimate of drug-likeness (QED) is 0.927. The number of hydrogen-bond donors (Lipinski definition) is 1. The average molecular weight is 304 g/mol. The van der Waals surface area contributed by atoms with Gasteiger partial charge in [0.25, 0.3) is 0 Å². The van der Waals surface area contributed by atoms with Crippen LogP contribution in [0.5, 0.6) is 0 Å². The van der Waals surface area contributed by atoms with Gasteiger partial charge in [0.1, 0.15) is 0 Å². The van der Waals surface area contributed by atoms with Gasteiger partial charge in [-0.05, 0) is 43.5 Å². The summed E-state index contributed by atoms with van der Waals surface area (Å²) in [5.74, 6) is 0.156. The van der Waals surface area contributed by atoms with Crippen molar-refractivity contribution in [2.45, 2.75) is 33.2 Å². The Bertz CT molecular complexity index is 673. The molecule has 5 heteroatoms. The van der Waals surface area contributed by atoms with Gasteiger partial charge in [-0.1, -0.05) is 17.7 Å². The maximum Gasteiger partial charge on any atom is 0.227 e. The number of benzene rings is 1. The van der Waals surface area contributed by atoms with E-state index in [-0.39, 0.29) is 5.91 Å². The molecule has 110 valence electrons. The first-order chi connectivity index (χ1) is 10.0. The zero-order chi connectivity index (χ0) is 15.0. The molecule has 4 nitrogen and oxygen atoms in total. The molecule has 21 heavy (non-hydrogen) atoms. The summed E-state index contributed by atoms with van der Waals surface area (Å²) in [4.78, 5) is 14.4. The number of hydrogen-bond acceptors (Lipinski definition) is 2. The zero-order valence-corrected chi connectivity index (χ0v) is 13.0. The van der Waals surface area contributed by atoms with Crippen molar-refractivity contribution in [3.63, 3.8) is 0 Å². The van der Waals surface area contributed by atoms with Gasteiger partial charge >= 0.3 is 0 Å². The first-order valence-electron chi connectivity index (χ1n) is 7.10. The third kappa shape index (κ3) is 2.81. The lowest BCUT2D eigenvalue weighted by Crippen LogP contribution is -2.37. The van der Waals surface area contributed by atoms with Gasteiger partial charge in [-0.2, -0.15) is 5.10 Å². The van der Waals surface area contributed by atoms with E-state index in [0.29, 0.717) is 13.0 Å². The van der Waals surface area contributed by atoms with Crippen LogP contribution in [0.1, 0.15) is 28.1 Å². The van der Waals surface area contributed by atoms with Crippen LogP contribution >= 0.6 is 11.6 Å². The van der Waals surface area contributed by atoms with Crippen molar-refractivity contribution >= 4 is 17.5 Å². The smallest absolute Gasteiger partial charge is 0.227 e. The van der Waals surface area contributed by atoms with Crippen LogP contribution in [-0.4, -0.2) is 27.5 Å². The van der Waals surface area contributed by atoms with Crippen molar-refractivity contribution in [3.05, 3.63) is 51.3 Å². The summed E-state index contributed by atoms with van der Waals surface area (Å²) in [6.07, 6.45) is 1.28. The molecule has 0 saturated heterocycles. The summed E-state index contributed by atoms with van der Waals surface area (Å²) >= 11 is 6.01. The molecule has 0 aliphatic carbocycles. The van der Waals surface area contributed by atoms with Crippen LogP contribution in [0.3, 0.4) is 0 Å². The second kappa shape index (κ2) is 5.53. The van der Waals surface area contributed by atoms with Gasteiger partial charge in [-0.15, -0.1) is 0 Å². The Balaban J connectivity index is 1.74. The number of aryl methyl sites for hydroxylation is 2. The summed E-state index contributed by atoms with van der Waals surface area (Å²) in [6.45, 7) is 5.30. The molecule has 0 fully saturated rings. The molecule has 0 radical (unpaired) electrons. The van der Waals surface area contributed by atoms with Crippen LogP contribution in [0.2, 0.25) is 5.02 Å². The minimum atomic E-state index is 0.156. The van der Waals surface area contributed by atoms with E-state index in [2.05, 4.69) is 10.2 Å². The number of fused-ring (bicyclic) bond motifs is 1. The van der Waals surface area contributed by atoms with Gasteiger partial charge < -0.3 is 4.90 Å². The van der Waals surface area contributed by atoms with Gasteiger partial charge in [0.2, 0.25) is 5.91 Å². The van der Waals surface area contributed by atoms with Gasteiger partial charge in [0.15, 0.2) is 0 Å². The van der Waals surface area contributed by atoms with Gasteiger partial charge in [-0.3, -0.25) is 9.89 Å². The monoisotopic (exact) mass is 303 g/mol. The van der Waals surface area contributed by atoms with E-state index in [0.717, 1.165) is 34.9 Å². The normalized spacial score (nSPS) is 14.1. The topological polar surface area (TPSA) is 49.0 Å². The Morgan fingerprint density at radius 2 is 2.19 bits per heavy atom. The van der Waals surface area contributed by atoms with E-state index in [1.165, 1.54) is 11.1 Å². The SMILES string of the molecule is Cc1n[nH]c(C)c1CC(=O)N1CCc2cc(Cl)ccc2C1. The molecule has 1 aliphatic rings. The number of carbonyl (C=O) groups excluding carboxylic acids is 1. The average Bonchev–Trinajstić information content (AvgIpc) is 2.78. The number of nitrogens with one attached hydrogen (secondary N) is 1. The van der Waals surface area contributed by atoms with E-state index in [4.69, 9.17) is 11.6 Å². The molecule has 0 bridgehead atoms. The fourth-order valence-corrected chi connectivity index (χ4v) is 3.03. The number of H-pyrrole nitrogens is 1. The lowest BCUT2D eigenvalue weighted by atomic mass is 9.99. The molecule has 2 heterocycles. The third-order valence-corrected chi connectivity index (χ3v) is 4.38. The molecule has 1 aromatic heterocycles. The number of aromatic amines is 1. The summed E-state index contributed by atoms with van der Waals surface area (Å²) in [7, 11) is 0. The fourth-order valence-electron chi connectivity index (χ4n) is 2.83.